The molecule has 0 saturated carbocycles. The van der Waals surface area contributed by atoms with Gasteiger partial charge in [0.1, 0.15) is 0 Å². The SMILES string of the molecule is CN(C)C(=O)c1ccc(C(=O)NC(C)(C)C2CCCN2)cc1. The van der Waals surface area contributed by atoms with E-state index in [1.807, 2.05) is 13.8 Å². The van der Waals surface area contributed by atoms with Gasteiger partial charge in [-0.25, -0.2) is 0 Å². The Labute approximate surface area is 132 Å². The molecule has 5 heteroatoms. The molecule has 0 spiro atoms. The van der Waals surface area contributed by atoms with Crippen LogP contribution in [0.1, 0.15) is 47.4 Å². The van der Waals surface area contributed by atoms with Gasteiger partial charge in [-0.05, 0) is 57.5 Å². The molecule has 5 nitrogen and oxygen atoms in total. The monoisotopic (exact) mass is 303 g/mol. The molecule has 1 heterocycles. The zero-order valence-corrected chi connectivity index (χ0v) is 13.8. The Kier molecular flexibility index (Phi) is 4.86. The van der Waals surface area contributed by atoms with Crippen molar-refractivity contribution in [3.63, 3.8) is 0 Å². The fraction of sp³-hybridized carbons (Fsp3) is 0.529. The van der Waals surface area contributed by atoms with Gasteiger partial charge in [0.15, 0.2) is 0 Å². The Bertz CT molecular complexity index is 544. The van der Waals surface area contributed by atoms with Gasteiger partial charge in [0.25, 0.3) is 11.8 Å². The molecule has 22 heavy (non-hydrogen) atoms. The van der Waals surface area contributed by atoms with Gasteiger partial charge in [-0.2, -0.15) is 0 Å². The third-order valence-corrected chi connectivity index (χ3v) is 4.17. The van der Waals surface area contributed by atoms with E-state index >= 15 is 0 Å². The summed E-state index contributed by atoms with van der Waals surface area (Å²) in [5.41, 5.74) is 0.853. The van der Waals surface area contributed by atoms with Crippen molar-refractivity contribution in [2.75, 3.05) is 20.6 Å². The first-order chi connectivity index (χ1) is 10.3. The summed E-state index contributed by atoms with van der Waals surface area (Å²) < 4.78 is 0. The molecule has 0 radical (unpaired) electrons. The lowest BCUT2D eigenvalue weighted by Crippen LogP contribution is -2.55. The molecule has 120 valence electrons. The van der Waals surface area contributed by atoms with Crippen LogP contribution in [0.4, 0.5) is 0 Å². The van der Waals surface area contributed by atoms with Gasteiger partial charge in [0.05, 0.1) is 0 Å². The van der Waals surface area contributed by atoms with E-state index in [4.69, 9.17) is 0 Å². The molecule has 2 N–H and O–H groups in total. The van der Waals surface area contributed by atoms with E-state index in [9.17, 15) is 9.59 Å². The van der Waals surface area contributed by atoms with Gasteiger partial charge in [0.2, 0.25) is 0 Å². The van der Waals surface area contributed by atoms with Crippen molar-refractivity contribution in [3.05, 3.63) is 35.4 Å². The average Bonchev–Trinajstić information content (AvgIpc) is 3.01. The van der Waals surface area contributed by atoms with Crippen LogP contribution >= 0.6 is 0 Å². The first kappa shape index (κ1) is 16.5. The molecule has 1 saturated heterocycles. The lowest BCUT2D eigenvalue weighted by molar-refractivity contribution is 0.0825. The van der Waals surface area contributed by atoms with Crippen molar-refractivity contribution in [2.24, 2.45) is 0 Å². The quantitative estimate of drug-likeness (QED) is 0.889. The van der Waals surface area contributed by atoms with Crippen molar-refractivity contribution in [1.29, 1.82) is 0 Å². The number of carbonyl (C=O) groups is 2. The molecule has 1 aliphatic rings. The smallest absolute Gasteiger partial charge is 0.253 e. The maximum Gasteiger partial charge on any atom is 0.253 e. The number of hydrogen-bond acceptors (Lipinski definition) is 3. The molecule has 1 unspecified atom stereocenters. The zero-order chi connectivity index (χ0) is 16.3. The fourth-order valence-electron chi connectivity index (χ4n) is 2.77. The number of rotatable bonds is 4. The highest BCUT2D eigenvalue weighted by Crippen LogP contribution is 2.19. The molecular formula is C17H25N3O2. The highest BCUT2D eigenvalue weighted by molar-refractivity contribution is 5.97. The van der Waals surface area contributed by atoms with Crippen LogP contribution in [0, 0.1) is 0 Å². The van der Waals surface area contributed by atoms with Gasteiger partial charge < -0.3 is 15.5 Å². The van der Waals surface area contributed by atoms with Crippen LogP contribution < -0.4 is 10.6 Å². The minimum absolute atomic E-state index is 0.0672. The number of nitrogens with zero attached hydrogens (tertiary/aromatic N) is 1. The van der Waals surface area contributed by atoms with Crippen LogP contribution in [0.2, 0.25) is 0 Å². The van der Waals surface area contributed by atoms with Crippen molar-refractivity contribution in [1.82, 2.24) is 15.5 Å². The maximum absolute atomic E-state index is 12.4. The van der Waals surface area contributed by atoms with Gasteiger partial charge >= 0.3 is 0 Å². The highest BCUT2D eigenvalue weighted by Gasteiger charge is 2.33. The van der Waals surface area contributed by atoms with E-state index in [2.05, 4.69) is 10.6 Å². The Morgan fingerprint density at radius 3 is 2.27 bits per heavy atom. The van der Waals surface area contributed by atoms with Gasteiger partial charge in [0, 0.05) is 36.8 Å². The summed E-state index contributed by atoms with van der Waals surface area (Å²) in [4.78, 5) is 25.8. The summed E-state index contributed by atoms with van der Waals surface area (Å²) in [5, 5.41) is 6.51. The highest BCUT2D eigenvalue weighted by atomic mass is 16.2. The van der Waals surface area contributed by atoms with Crippen molar-refractivity contribution >= 4 is 11.8 Å². The van der Waals surface area contributed by atoms with Gasteiger partial charge in [-0.15, -0.1) is 0 Å². The van der Waals surface area contributed by atoms with Crippen LogP contribution in [0.3, 0.4) is 0 Å². The fourth-order valence-corrected chi connectivity index (χ4v) is 2.77. The molecule has 1 fully saturated rings. The summed E-state index contributed by atoms with van der Waals surface area (Å²) in [6.45, 7) is 5.08. The van der Waals surface area contributed by atoms with E-state index in [1.54, 1.807) is 38.4 Å². The first-order valence-corrected chi connectivity index (χ1v) is 7.69. The van der Waals surface area contributed by atoms with Crippen LogP contribution in [0.25, 0.3) is 0 Å². The lowest BCUT2D eigenvalue weighted by atomic mass is 9.92. The van der Waals surface area contributed by atoms with Crippen molar-refractivity contribution in [3.8, 4) is 0 Å². The largest absolute Gasteiger partial charge is 0.346 e. The molecule has 1 aromatic carbocycles. The minimum Gasteiger partial charge on any atom is -0.346 e. The Morgan fingerprint density at radius 1 is 1.18 bits per heavy atom. The molecule has 2 rings (SSSR count). The van der Waals surface area contributed by atoms with Crippen LogP contribution in [0.5, 0.6) is 0 Å². The molecule has 1 atom stereocenters. The summed E-state index contributed by atoms with van der Waals surface area (Å²) in [6.07, 6.45) is 2.22. The molecular weight excluding hydrogens is 278 g/mol. The van der Waals surface area contributed by atoms with Crippen molar-refractivity contribution < 1.29 is 9.59 Å². The van der Waals surface area contributed by atoms with E-state index in [1.165, 1.54) is 4.90 Å². The standard InChI is InChI=1S/C17H25N3O2/c1-17(2,14-6-5-11-18-14)19-15(21)12-7-9-13(10-8-12)16(22)20(3)4/h7-10,14,18H,5-6,11H2,1-4H3,(H,19,21). The Balaban J connectivity index is 2.05. The van der Waals surface area contributed by atoms with E-state index in [0.717, 1.165) is 19.4 Å². The molecule has 2 amide bonds. The number of carbonyl (C=O) groups excluding carboxylic acids is 2. The van der Waals surface area contributed by atoms with E-state index < -0.39 is 0 Å². The zero-order valence-electron chi connectivity index (χ0n) is 13.8. The molecule has 0 bridgehead atoms. The normalized spacial score (nSPS) is 18.1. The van der Waals surface area contributed by atoms with E-state index in [0.29, 0.717) is 17.2 Å². The second-order valence-corrected chi connectivity index (χ2v) is 6.60. The lowest BCUT2D eigenvalue weighted by Gasteiger charge is -2.33. The molecule has 0 aromatic heterocycles. The topological polar surface area (TPSA) is 61.4 Å². The molecule has 1 aliphatic heterocycles. The minimum atomic E-state index is -0.300. The van der Waals surface area contributed by atoms with E-state index in [-0.39, 0.29) is 17.4 Å². The Morgan fingerprint density at radius 2 is 1.77 bits per heavy atom. The van der Waals surface area contributed by atoms with Crippen LogP contribution in [-0.4, -0.2) is 48.9 Å². The third-order valence-electron chi connectivity index (χ3n) is 4.17. The second-order valence-electron chi connectivity index (χ2n) is 6.60. The molecule has 0 aliphatic carbocycles. The summed E-state index contributed by atoms with van der Waals surface area (Å²) >= 11 is 0. The number of amides is 2. The summed E-state index contributed by atoms with van der Waals surface area (Å²) in [7, 11) is 3.42. The number of hydrogen-bond donors (Lipinski definition) is 2. The number of benzene rings is 1. The number of nitrogens with one attached hydrogen (secondary N) is 2. The Hall–Kier alpha value is -1.88. The van der Waals surface area contributed by atoms with Crippen molar-refractivity contribution in [2.45, 2.75) is 38.3 Å². The van der Waals surface area contributed by atoms with Gasteiger partial charge in [-0.1, -0.05) is 0 Å². The summed E-state index contributed by atoms with van der Waals surface area (Å²) in [5.74, 6) is -0.176. The predicted octanol–water partition coefficient (Wildman–Crippen LogP) is 1.65. The van der Waals surface area contributed by atoms with Crippen LogP contribution in [0.15, 0.2) is 24.3 Å². The summed E-state index contributed by atoms with van der Waals surface area (Å²) in [6, 6.07) is 7.08. The van der Waals surface area contributed by atoms with Gasteiger partial charge in [-0.3, -0.25) is 9.59 Å². The first-order valence-electron chi connectivity index (χ1n) is 7.69. The maximum atomic E-state index is 12.4. The van der Waals surface area contributed by atoms with Crippen LogP contribution in [-0.2, 0) is 0 Å². The second kappa shape index (κ2) is 6.48. The average molecular weight is 303 g/mol. The predicted molar refractivity (Wildman–Crippen MR) is 87.0 cm³/mol. The molecule has 1 aromatic rings. The third kappa shape index (κ3) is 3.65.